The van der Waals surface area contributed by atoms with Crippen LogP contribution in [0.1, 0.15) is 11.1 Å². The molecule has 0 aliphatic carbocycles. The number of thioether (sulfide) groups is 1. The van der Waals surface area contributed by atoms with Gasteiger partial charge in [-0.25, -0.2) is 4.68 Å². The Morgan fingerprint density at radius 3 is 2.13 bits per heavy atom. The van der Waals surface area contributed by atoms with E-state index in [0.29, 0.717) is 29.8 Å². The van der Waals surface area contributed by atoms with E-state index in [2.05, 4.69) is 10.2 Å². The molecule has 2 aromatic carbocycles. The van der Waals surface area contributed by atoms with Crippen LogP contribution < -0.4 is 5.84 Å². The molecule has 0 radical (unpaired) electrons. The summed E-state index contributed by atoms with van der Waals surface area (Å²) in [5, 5.41) is 8.61. The molecular weight excluding hydrogens is 398 g/mol. The molecule has 30 heavy (non-hydrogen) atoms. The minimum atomic E-state index is -0.00439. The van der Waals surface area contributed by atoms with Gasteiger partial charge < -0.3 is 15.2 Å². The summed E-state index contributed by atoms with van der Waals surface area (Å²) in [5.41, 5.74) is 2.16. The molecular formula is C22H21N5O2S. The molecule has 4 aromatic rings. The Hall–Kier alpha value is -3.52. The van der Waals surface area contributed by atoms with Gasteiger partial charge in [0.15, 0.2) is 5.76 Å². The van der Waals surface area contributed by atoms with Crippen LogP contribution in [-0.2, 0) is 17.9 Å². The molecule has 152 valence electrons. The Morgan fingerprint density at radius 1 is 0.933 bits per heavy atom. The number of benzene rings is 2. The normalized spacial score (nSPS) is 10.8. The summed E-state index contributed by atoms with van der Waals surface area (Å²) in [6.45, 7) is 1.06. The summed E-state index contributed by atoms with van der Waals surface area (Å²) >= 11 is 1.25. The van der Waals surface area contributed by atoms with Crippen LogP contribution in [0.15, 0.2) is 88.6 Å². The summed E-state index contributed by atoms with van der Waals surface area (Å²) in [6.07, 6.45) is 1.55. The number of rotatable bonds is 8. The molecule has 2 heterocycles. The van der Waals surface area contributed by atoms with E-state index >= 15 is 0 Å². The van der Waals surface area contributed by atoms with Crippen molar-refractivity contribution in [2.75, 3.05) is 11.6 Å². The molecule has 4 rings (SSSR count). The van der Waals surface area contributed by atoms with Gasteiger partial charge in [-0.1, -0.05) is 72.4 Å². The molecule has 0 aliphatic heterocycles. The fraction of sp³-hybridized carbons (Fsp3) is 0.136. The highest BCUT2D eigenvalue weighted by atomic mass is 32.2. The second kappa shape index (κ2) is 9.32. The van der Waals surface area contributed by atoms with Gasteiger partial charge in [0.2, 0.25) is 16.9 Å². The van der Waals surface area contributed by atoms with Crippen molar-refractivity contribution in [3.8, 4) is 11.6 Å². The van der Waals surface area contributed by atoms with Gasteiger partial charge in [-0.05, 0) is 23.3 Å². The van der Waals surface area contributed by atoms with Gasteiger partial charge in [-0.2, -0.15) is 0 Å². The predicted octanol–water partition coefficient (Wildman–Crippen LogP) is 3.57. The molecule has 0 atom stereocenters. The molecule has 0 saturated carbocycles. The Labute approximate surface area is 178 Å². The highest BCUT2D eigenvalue weighted by molar-refractivity contribution is 7.99. The standard InChI is InChI=1S/C22H21N5O2S/c23-27-21(19-12-7-13-29-19)24-25-22(27)30-16-20(28)26(14-17-8-3-1-4-9-17)15-18-10-5-2-6-11-18/h1-13H,14-16,23H2. The maximum atomic E-state index is 13.1. The van der Waals surface area contributed by atoms with Gasteiger partial charge in [0.1, 0.15) is 0 Å². The number of hydrogen-bond donors (Lipinski definition) is 1. The van der Waals surface area contributed by atoms with Crippen LogP contribution in [0.4, 0.5) is 0 Å². The molecule has 0 bridgehead atoms. The van der Waals surface area contributed by atoms with E-state index in [1.165, 1.54) is 16.4 Å². The molecule has 0 fully saturated rings. The van der Waals surface area contributed by atoms with Crippen LogP contribution in [0, 0.1) is 0 Å². The first-order valence-corrected chi connectivity index (χ1v) is 10.4. The maximum absolute atomic E-state index is 13.1. The number of carbonyl (C=O) groups is 1. The number of hydrogen-bond acceptors (Lipinski definition) is 6. The number of carbonyl (C=O) groups excluding carboxylic acids is 1. The molecule has 2 aromatic heterocycles. The van der Waals surface area contributed by atoms with Crippen molar-refractivity contribution >= 4 is 17.7 Å². The highest BCUT2D eigenvalue weighted by Crippen LogP contribution is 2.22. The van der Waals surface area contributed by atoms with Gasteiger partial charge in [-0.3, -0.25) is 4.79 Å². The minimum Gasteiger partial charge on any atom is -0.461 e. The lowest BCUT2D eigenvalue weighted by molar-refractivity contribution is -0.129. The summed E-state index contributed by atoms with van der Waals surface area (Å²) in [6, 6.07) is 23.4. The van der Waals surface area contributed by atoms with Crippen LogP contribution in [0.5, 0.6) is 0 Å². The second-order valence-electron chi connectivity index (χ2n) is 6.66. The lowest BCUT2D eigenvalue weighted by atomic mass is 10.1. The molecule has 0 spiro atoms. The first-order chi connectivity index (χ1) is 14.7. The van der Waals surface area contributed by atoms with Crippen LogP contribution in [0.25, 0.3) is 11.6 Å². The zero-order chi connectivity index (χ0) is 20.8. The average Bonchev–Trinajstić information content (AvgIpc) is 3.43. The monoisotopic (exact) mass is 419 g/mol. The van der Waals surface area contributed by atoms with Crippen LogP contribution in [0.2, 0.25) is 0 Å². The largest absolute Gasteiger partial charge is 0.461 e. The van der Waals surface area contributed by atoms with Crippen molar-refractivity contribution in [1.82, 2.24) is 19.8 Å². The van der Waals surface area contributed by atoms with E-state index in [9.17, 15) is 4.79 Å². The van der Waals surface area contributed by atoms with Crippen LogP contribution >= 0.6 is 11.8 Å². The van der Waals surface area contributed by atoms with Gasteiger partial charge in [0.05, 0.1) is 12.0 Å². The number of nitrogens with zero attached hydrogens (tertiary/aromatic N) is 4. The molecule has 2 N–H and O–H groups in total. The number of nitrogen functional groups attached to an aromatic ring is 1. The average molecular weight is 420 g/mol. The molecule has 7 nitrogen and oxygen atoms in total. The molecule has 0 unspecified atom stereocenters. The van der Waals surface area contributed by atoms with Crippen LogP contribution in [-0.4, -0.2) is 31.4 Å². The number of aromatic nitrogens is 3. The third-order valence-electron chi connectivity index (χ3n) is 4.52. The van der Waals surface area contributed by atoms with E-state index in [0.717, 1.165) is 11.1 Å². The first-order valence-electron chi connectivity index (χ1n) is 9.43. The predicted molar refractivity (Wildman–Crippen MR) is 116 cm³/mol. The smallest absolute Gasteiger partial charge is 0.233 e. The molecule has 1 amide bonds. The van der Waals surface area contributed by atoms with E-state index in [1.54, 1.807) is 18.4 Å². The topological polar surface area (TPSA) is 90.2 Å². The molecule has 0 saturated heterocycles. The minimum absolute atomic E-state index is 0.00439. The highest BCUT2D eigenvalue weighted by Gasteiger charge is 2.19. The van der Waals surface area contributed by atoms with Crippen LogP contribution in [0.3, 0.4) is 0 Å². The van der Waals surface area contributed by atoms with Crippen molar-refractivity contribution in [3.63, 3.8) is 0 Å². The van der Waals surface area contributed by atoms with Gasteiger partial charge >= 0.3 is 0 Å². The quantitative estimate of drug-likeness (QED) is 0.347. The fourth-order valence-electron chi connectivity index (χ4n) is 3.01. The first kappa shape index (κ1) is 19.8. The lowest BCUT2D eigenvalue weighted by Gasteiger charge is -2.23. The second-order valence-corrected chi connectivity index (χ2v) is 7.61. The van der Waals surface area contributed by atoms with Crippen molar-refractivity contribution < 1.29 is 9.21 Å². The number of nitrogens with two attached hydrogens (primary N) is 1. The zero-order valence-electron chi connectivity index (χ0n) is 16.2. The lowest BCUT2D eigenvalue weighted by Crippen LogP contribution is -2.31. The summed E-state index contributed by atoms with van der Waals surface area (Å²) in [5.74, 6) is 7.23. The fourth-order valence-corrected chi connectivity index (χ4v) is 3.77. The molecule has 8 heteroatoms. The van der Waals surface area contributed by atoms with E-state index in [-0.39, 0.29) is 11.7 Å². The number of furan rings is 1. The van der Waals surface area contributed by atoms with Gasteiger partial charge in [0.25, 0.3) is 0 Å². The Morgan fingerprint density at radius 2 is 1.57 bits per heavy atom. The summed E-state index contributed by atoms with van der Waals surface area (Å²) < 4.78 is 6.67. The Balaban J connectivity index is 1.46. The van der Waals surface area contributed by atoms with Crippen molar-refractivity contribution in [2.24, 2.45) is 0 Å². The van der Waals surface area contributed by atoms with E-state index in [1.807, 2.05) is 65.6 Å². The van der Waals surface area contributed by atoms with Crippen molar-refractivity contribution in [3.05, 3.63) is 90.2 Å². The molecule has 0 aliphatic rings. The van der Waals surface area contributed by atoms with Crippen molar-refractivity contribution in [2.45, 2.75) is 18.2 Å². The maximum Gasteiger partial charge on any atom is 0.233 e. The van der Waals surface area contributed by atoms with Gasteiger partial charge in [0, 0.05) is 13.1 Å². The van der Waals surface area contributed by atoms with E-state index < -0.39 is 0 Å². The summed E-state index contributed by atoms with van der Waals surface area (Å²) in [7, 11) is 0. The number of amides is 1. The third-order valence-corrected chi connectivity index (χ3v) is 5.44. The third kappa shape index (κ3) is 4.72. The van der Waals surface area contributed by atoms with Crippen molar-refractivity contribution in [1.29, 1.82) is 0 Å². The Kier molecular flexibility index (Phi) is 6.14. The van der Waals surface area contributed by atoms with Gasteiger partial charge in [-0.15, -0.1) is 10.2 Å². The zero-order valence-corrected chi connectivity index (χ0v) is 17.0. The van der Waals surface area contributed by atoms with E-state index in [4.69, 9.17) is 10.3 Å². The SMILES string of the molecule is Nn1c(SCC(=O)N(Cc2ccccc2)Cc2ccccc2)nnc1-c1ccco1. The summed E-state index contributed by atoms with van der Waals surface area (Å²) in [4.78, 5) is 14.9. The Bertz CT molecular complexity index is 1040.